The Balaban J connectivity index is 1.81. The Morgan fingerprint density at radius 1 is 1.12 bits per heavy atom. The van der Waals surface area contributed by atoms with E-state index in [9.17, 15) is 31.9 Å². The van der Waals surface area contributed by atoms with E-state index in [4.69, 9.17) is 0 Å². The summed E-state index contributed by atoms with van der Waals surface area (Å²) in [7, 11) is 3.17. The van der Waals surface area contributed by atoms with E-state index >= 15 is 0 Å². The molecule has 1 aliphatic rings. The third kappa shape index (κ3) is 4.36. The van der Waals surface area contributed by atoms with E-state index in [-0.39, 0.29) is 5.69 Å². The fraction of sp³-hybridized carbons (Fsp3) is 0.286. The van der Waals surface area contributed by atoms with Gasteiger partial charge in [-0.15, -0.1) is 0 Å². The fourth-order valence-corrected chi connectivity index (χ4v) is 3.36. The Labute approximate surface area is 181 Å². The van der Waals surface area contributed by atoms with Crippen molar-refractivity contribution in [1.82, 2.24) is 10.2 Å². The number of nitrogens with zero attached hydrogens (tertiary/aromatic N) is 2. The molecule has 1 unspecified atom stereocenters. The van der Waals surface area contributed by atoms with Crippen molar-refractivity contribution in [3.63, 3.8) is 0 Å². The molecule has 32 heavy (non-hydrogen) atoms. The molecule has 1 fully saturated rings. The molecule has 1 atom stereocenters. The second-order valence-electron chi connectivity index (χ2n) is 7.63. The zero-order chi connectivity index (χ0) is 23.8. The molecule has 0 aliphatic carbocycles. The molecule has 3 rings (SSSR count). The minimum absolute atomic E-state index is 0.122. The van der Waals surface area contributed by atoms with Crippen LogP contribution in [0.5, 0.6) is 0 Å². The highest BCUT2D eigenvalue weighted by atomic mass is 19.4. The van der Waals surface area contributed by atoms with E-state index < -0.39 is 47.5 Å². The lowest BCUT2D eigenvalue weighted by atomic mass is 9.92. The summed E-state index contributed by atoms with van der Waals surface area (Å²) in [6.07, 6.45) is -4.62. The number of hydrogen-bond donors (Lipinski definition) is 2. The summed E-state index contributed by atoms with van der Waals surface area (Å²) in [5.41, 5.74) is -1.98. The van der Waals surface area contributed by atoms with Crippen LogP contribution in [-0.2, 0) is 21.3 Å². The number of hydrogen-bond acceptors (Lipinski definition) is 4. The van der Waals surface area contributed by atoms with Crippen LogP contribution in [0.1, 0.15) is 18.1 Å². The van der Waals surface area contributed by atoms with Crippen molar-refractivity contribution < 1.29 is 31.9 Å². The third-order valence-corrected chi connectivity index (χ3v) is 5.08. The van der Waals surface area contributed by atoms with Crippen molar-refractivity contribution in [3.05, 3.63) is 59.4 Å². The van der Waals surface area contributed by atoms with Crippen LogP contribution in [-0.4, -0.2) is 43.4 Å². The zero-order valence-corrected chi connectivity index (χ0v) is 17.4. The van der Waals surface area contributed by atoms with Crippen LogP contribution in [0.25, 0.3) is 0 Å². The number of halogens is 4. The minimum Gasteiger partial charge on any atom is -0.376 e. The van der Waals surface area contributed by atoms with Gasteiger partial charge < -0.3 is 15.5 Å². The van der Waals surface area contributed by atoms with Crippen LogP contribution in [0.15, 0.2) is 42.5 Å². The molecular formula is C21H20F4N4O3. The lowest BCUT2D eigenvalue weighted by molar-refractivity contribution is -0.137. The maximum Gasteiger partial charge on any atom is 0.416 e. The number of anilines is 2. The van der Waals surface area contributed by atoms with E-state index in [0.717, 1.165) is 24.3 Å². The molecule has 1 aliphatic heterocycles. The molecule has 170 valence electrons. The smallest absolute Gasteiger partial charge is 0.376 e. The summed E-state index contributed by atoms with van der Waals surface area (Å²) in [5.74, 6) is -2.14. The Kier molecular flexibility index (Phi) is 5.86. The Bertz CT molecular complexity index is 1070. The van der Waals surface area contributed by atoms with Crippen LogP contribution in [0.2, 0.25) is 0 Å². The predicted molar refractivity (Wildman–Crippen MR) is 108 cm³/mol. The molecule has 4 amide bonds. The number of imide groups is 1. The molecule has 0 saturated carbocycles. The first-order valence-electron chi connectivity index (χ1n) is 9.41. The number of nitrogens with one attached hydrogen (secondary N) is 2. The summed E-state index contributed by atoms with van der Waals surface area (Å²) >= 11 is 0. The highest BCUT2D eigenvalue weighted by Gasteiger charge is 2.49. The van der Waals surface area contributed by atoms with Gasteiger partial charge in [0, 0.05) is 14.1 Å². The van der Waals surface area contributed by atoms with E-state index in [1.54, 1.807) is 14.1 Å². The van der Waals surface area contributed by atoms with Gasteiger partial charge in [0.1, 0.15) is 17.9 Å². The van der Waals surface area contributed by atoms with E-state index in [0.29, 0.717) is 16.2 Å². The molecule has 7 nitrogen and oxygen atoms in total. The first-order valence-corrected chi connectivity index (χ1v) is 9.41. The number of urea groups is 1. The largest absolute Gasteiger partial charge is 0.416 e. The molecule has 11 heteroatoms. The molecule has 0 bridgehead atoms. The topological polar surface area (TPSA) is 81.8 Å². The van der Waals surface area contributed by atoms with Crippen molar-refractivity contribution in [2.45, 2.75) is 18.6 Å². The molecule has 2 N–H and O–H groups in total. The normalized spacial score (nSPS) is 18.5. The predicted octanol–water partition coefficient (Wildman–Crippen LogP) is 3.32. The fourth-order valence-electron chi connectivity index (χ4n) is 3.36. The number of carbonyl (C=O) groups excluding carboxylic acids is 3. The number of benzene rings is 2. The highest BCUT2D eigenvalue weighted by molar-refractivity contribution is 6.10. The maximum absolute atomic E-state index is 13.2. The second-order valence-corrected chi connectivity index (χ2v) is 7.63. The van der Waals surface area contributed by atoms with Crippen LogP contribution in [0.3, 0.4) is 0 Å². The summed E-state index contributed by atoms with van der Waals surface area (Å²) < 4.78 is 52.5. The van der Waals surface area contributed by atoms with Gasteiger partial charge in [-0.3, -0.25) is 14.5 Å². The van der Waals surface area contributed by atoms with Crippen molar-refractivity contribution in [2.24, 2.45) is 0 Å². The monoisotopic (exact) mass is 452 g/mol. The SMILES string of the molecule is CN(C)c1ccc(C(F)(F)F)cc1NC(=O)CN1C(=O)NC(C)(c2ccc(F)cc2)C1=O. The molecule has 2 aromatic rings. The van der Waals surface area contributed by atoms with Gasteiger partial charge in [0.25, 0.3) is 5.91 Å². The van der Waals surface area contributed by atoms with Gasteiger partial charge in [0.15, 0.2) is 0 Å². The van der Waals surface area contributed by atoms with Gasteiger partial charge >= 0.3 is 12.2 Å². The summed E-state index contributed by atoms with van der Waals surface area (Å²) in [6.45, 7) is 0.694. The average molecular weight is 452 g/mol. The molecule has 0 radical (unpaired) electrons. The van der Waals surface area contributed by atoms with E-state index in [2.05, 4.69) is 10.6 Å². The molecule has 1 heterocycles. The number of carbonyl (C=O) groups is 3. The summed E-state index contributed by atoms with van der Waals surface area (Å²) in [6, 6.07) is 6.95. The number of alkyl halides is 3. The van der Waals surface area contributed by atoms with Gasteiger partial charge in [0.2, 0.25) is 5.91 Å². The van der Waals surface area contributed by atoms with Gasteiger partial charge in [-0.05, 0) is 42.8 Å². The van der Waals surface area contributed by atoms with Crippen LogP contribution in [0.4, 0.5) is 33.7 Å². The lowest BCUT2D eigenvalue weighted by Crippen LogP contribution is -2.42. The first-order chi connectivity index (χ1) is 14.8. The Morgan fingerprint density at radius 2 is 1.75 bits per heavy atom. The van der Waals surface area contributed by atoms with Crippen molar-refractivity contribution >= 4 is 29.2 Å². The standard InChI is InChI=1S/C21H20F4N4O3/c1-20(12-4-7-14(22)8-5-12)18(31)29(19(32)27-20)11-17(30)26-15-10-13(21(23,24)25)6-9-16(15)28(2)3/h4-10H,11H2,1-3H3,(H,26,30)(H,27,32). The molecule has 0 spiro atoms. The van der Waals surface area contributed by atoms with Crippen molar-refractivity contribution in [3.8, 4) is 0 Å². The maximum atomic E-state index is 13.2. The second kappa shape index (κ2) is 8.13. The van der Waals surface area contributed by atoms with Gasteiger partial charge in [0.05, 0.1) is 16.9 Å². The quantitative estimate of drug-likeness (QED) is 0.539. The van der Waals surface area contributed by atoms with E-state index in [1.165, 1.54) is 30.0 Å². The van der Waals surface area contributed by atoms with E-state index in [1.807, 2.05) is 0 Å². The minimum atomic E-state index is -4.62. The molecule has 0 aromatic heterocycles. The van der Waals surface area contributed by atoms with Crippen LogP contribution in [0, 0.1) is 5.82 Å². The van der Waals surface area contributed by atoms with Crippen molar-refractivity contribution in [1.29, 1.82) is 0 Å². The van der Waals surface area contributed by atoms with Gasteiger partial charge in [-0.2, -0.15) is 13.2 Å². The molecule has 1 saturated heterocycles. The highest BCUT2D eigenvalue weighted by Crippen LogP contribution is 2.35. The number of rotatable bonds is 5. The van der Waals surface area contributed by atoms with Crippen molar-refractivity contribution in [2.75, 3.05) is 30.9 Å². The first kappa shape index (κ1) is 23.0. The molecular weight excluding hydrogens is 432 g/mol. The lowest BCUT2D eigenvalue weighted by Gasteiger charge is -2.22. The summed E-state index contributed by atoms with van der Waals surface area (Å²) in [5, 5.41) is 4.81. The Morgan fingerprint density at radius 3 is 2.31 bits per heavy atom. The zero-order valence-electron chi connectivity index (χ0n) is 17.4. The average Bonchev–Trinajstić information content (AvgIpc) is 2.91. The van der Waals surface area contributed by atoms with Gasteiger partial charge in [-0.1, -0.05) is 12.1 Å². The van der Waals surface area contributed by atoms with Crippen LogP contribution < -0.4 is 15.5 Å². The molecule has 2 aromatic carbocycles. The third-order valence-electron chi connectivity index (χ3n) is 5.08. The van der Waals surface area contributed by atoms with Gasteiger partial charge in [-0.25, -0.2) is 9.18 Å². The van der Waals surface area contributed by atoms with Crippen LogP contribution >= 0.6 is 0 Å². The summed E-state index contributed by atoms with van der Waals surface area (Å²) in [4.78, 5) is 40.0. The Hall–Kier alpha value is -3.63. The number of amides is 4.